The SMILES string of the molecule is O=C1C[C@@H](c2cccs2)CC2=C1[C@@H](c1cc([N+](=O)[O-])ccc1O)c1c([nH]n(-c3ccccc3)c1=O)N2. The van der Waals surface area contributed by atoms with Crippen LogP contribution in [0.15, 0.2) is 82.1 Å². The first-order chi connectivity index (χ1) is 17.4. The topological polar surface area (TPSA) is 130 Å². The number of phenolic OH excluding ortho intramolecular Hbond substituents is 1. The normalized spacial score (nSPS) is 18.9. The number of hydrogen-bond donors (Lipinski definition) is 3. The van der Waals surface area contributed by atoms with Crippen molar-refractivity contribution < 1.29 is 14.8 Å². The van der Waals surface area contributed by atoms with Gasteiger partial charge in [0.2, 0.25) is 0 Å². The van der Waals surface area contributed by atoms with Crippen LogP contribution in [0.3, 0.4) is 0 Å². The van der Waals surface area contributed by atoms with E-state index in [2.05, 4.69) is 10.4 Å². The Bertz CT molecular complexity index is 1600. The van der Waals surface area contributed by atoms with Crippen molar-refractivity contribution in [2.75, 3.05) is 5.32 Å². The molecule has 4 aromatic rings. The Morgan fingerprint density at radius 1 is 1.06 bits per heavy atom. The maximum Gasteiger partial charge on any atom is 0.277 e. The lowest BCUT2D eigenvalue weighted by atomic mass is 9.73. The molecule has 6 rings (SSSR count). The molecule has 9 nitrogen and oxygen atoms in total. The van der Waals surface area contributed by atoms with Crippen LogP contribution in [0.25, 0.3) is 5.69 Å². The molecule has 2 aromatic carbocycles. The highest BCUT2D eigenvalue weighted by Crippen LogP contribution is 2.49. The maximum absolute atomic E-state index is 13.7. The smallest absolute Gasteiger partial charge is 0.277 e. The quantitative estimate of drug-likeness (QED) is 0.273. The molecule has 0 amide bonds. The lowest BCUT2D eigenvalue weighted by Gasteiger charge is -2.34. The molecule has 1 aliphatic heterocycles. The van der Waals surface area contributed by atoms with E-state index in [0.29, 0.717) is 29.2 Å². The fourth-order valence-electron chi connectivity index (χ4n) is 5.17. The Labute approximate surface area is 208 Å². The number of nitro benzene ring substituents is 1. The summed E-state index contributed by atoms with van der Waals surface area (Å²) >= 11 is 1.59. The highest BCUT2D eigenvalue weighted by Gasteiger charge is 2.42. The van der Waals surface area contributed by atoms with E-state index in [1.165, 1.54) is 22.9 Å². The number of anilines is 1. The van der Waals surface area contributed by atoms with E-state index in [1.54, 1.807) is 35.6 Å². The number of non-ortho nitro benzene ring substituents is 1. The molecule has 3 heterocycles. The van der Waals surface area contributed by atoms with Gasteiger partial charge in [-0.15, -0.1) is 11.3 Å². The minimum Gasteiger partial charge on any atom is -0.508 e. The standard InChI is InChI=1S/C26H20N4O5S/c31-19-9-8-16(30(34)35)13-17(19)22-23-18(11-14(12-20(23)32)21-7-4-10-36-21)27-25-24(22)26(33)29(28-25)15-5-2-1-3-6-15/h1-10,13-14,22,27-28,31H,11-12H2/t14-,22+/m0/s1. The Morgan fingerprint density at radius 2 is 1.86 bits per heavy atom. The zero-order chi connectivity index (χ0) is 25.0. The van der Waals surface area contributed by atoms with Crippen LogP contribution < -0.4 is 10.9 Å². The molecule has 0 saturated carbocycles. The van der Waals surface area contributed by atoms with Crippen molar-refractivity contribution in [3.8, 4) is 11.4 Å². The number of carbonyl (C=O) groups is 1. The van der Waals surface area contributed by atoms with Crippen LogP contribution in [0.1, 0.15) is 40.7 Å². The van der Waals surface area contributed by atoms with Crippen LogP contribution in [-0.2, 0) is 4.79 Å². The second-order valence-corrected chi connectivity index (χ2v) is 9.85. The molecule has 2 aromatic heterocycles. The minimum absolute atomic E-state index is 0.0208. The molecule has 0 radical (unpaired) electrons. The fourth-order valence-corrected chi connectivity index (χ4v) is 6.00. The number of nitrogens with zero attached hydrogens (tertiary/aromatic N) is 2. The number of nitro groups is 1. The molecule has 180 valence electrons. The number of Topliss-reactive ketones (excluding diaryl/α,β-unsaturated/α-hetero) is 1. The number of carbonyl (C=O) groups excluding carboxylic acids is 1. The number of ketones is 1. The lowest BCUT2D eigenvalue weighted by molar-refractivity contribution is -0.384. The van der Waals surface area contributed by atoms with Gasteiger partial charge in [0.05, 0.1) is 22.1 Å². The van der Waals surface area contributed by atoms with Crippen molar-refractivity contribution in [1.29, 1.82) is 0 Å². The Morgan fingerprint density at radius 3 is 2.58 bits per heavy atom. The van der Waals surface area contributed by atoms with Gasteiger partial charge in [-0.2, -0.15) is 0 Å². The van der Waals surface area contributed by atoms with E-state index >= 15 is 0 Å². The first-order valence-corrected chi connectivity index (χ1v) is 12.2. The second-order valence-electron chi connectivity index (χ2n) is 8.87. The predicted octanol–water partition coefficient (Wildman–Crippen LogP) is 4.80. The number of para-hydroxylation sites is 1. The Balaban J connectivity index is 1.57. The van der Waals surface area contributed by atoms with Crippen LogP contribution in [0.5, 0.6) is 5.75 Å². The van der Waals surface area contributed by atoms with E-state index in [-0.39, 0.29) is 40.7 Å². The summed E-state index contributed by atoms with van der Waals surface area (Å²) in [5.74, 6) is -0.951. The summed E-state index contributed by atoms with van der Waals surface area (Å²) in [4.78, 5) is 39.4. The molecular weight excluding hydrogens is 480 g/mol. The predicted molar refractivity (Wildman–Crippen MR) is 135 cm³/mol. The summed E-state index contributed by atoms with van der Waals surface area (Å²) in [5, 5.41) is 30.7. The first kappa shape index (κ1) is 22.1. The second kappa shape index (κ2) is 8.35. The molecule has 1 aliphatic carbocycles. The van der Waals surface area contributed by atoms with Crippen LogP contribution in [0.4, 0.5) is 11.5 Å². The number of aromatic nitrogens is 2. The largest absolute Gasteiger partial charge is 0.508 e. The molecule has 0 spiro atoms. The number of phenols is 1. The van der Waals surface area contributed by atoms with Crippen molar-refractivity contribution in [2.24, 2.45) is 0 Å². The van der Waals surface area contributed by atoms with E-state index in [0.717, 1.165) is 4.88 Å². The van der Waals surface area contributed by atoms with E-state index in [1.807, 2.05) is 23.6 Å². The average molecular weight is 501 g/mol. The number of rotatable bonds is 4. The first-order valence-electron chi connectivity index (χ1n) is 11.4. The third-order valence-electron chi connectivity index (χ3n) is 6.78. The van der Waals surface area contributed by atoms with Crippen LogP contribution in [0.2, 0.25) is 0 Å². The van der Waals surface area contributed by atoms with Crippen molar-refractivity contribution in [3.63, 3.8) is 0 Å². The summed E-state index contributed by atoms with van der Waals surface area (Å²) in [6, 6.07) is 16.6. The van der Waals surface area contributed by atoms with Gasteiger partial charge in [0, 0.05) is 46.2 Å². The zero-order valence-corrected chi connectivity index (χ0v) is 19.6. The van der Waals surface area contributed by atoms with Crippen LogP contribution in [-0.4, -0.2) is 25.6 Å². The maximum atomic E-state index is 13.7. The lowest BCUT2D eigenvalue weighted by Crippen LogP contribution is -2.31. The van der Waals surface area contributed by atoms with Gasteiger partial charge in [0.15, 0.2) is 5.78 Å². The highest BCUT2D eigenvalue weighted by atomic mass is 32.1. The molecule has 0 saturated heterocycles. The summed E-state index contributed by atoms with van der Waals surface area (Å²) in [7, 11) is 0. The number of benzene rings is 2. The Hall–Kier alpha value is -4.44. The molecular formula is C26H20N4O5S. The number of nitrogens with one attached hydrogen (secondary N) is 2. The number of aromatic hydroxyl groups is 1. The van der Waals surface area contributed by atoms with Gasteiger partial charge in [-0.1, -0.05) is 24.3 Å². The Kier molecular flexibility index (Phi) is 5.11. The average Bonchev–Trinajstić information content (AvgIpc) is 3.52. The number of hydrogen-bond acceptors (Lipinski definition) is 7. The van der Waals surface area contributed by atoms with Gasteiger partial charge >= 0.3 is 0 Å². The summed E-state index contributed by atoms with van der Waals surface area (Å²) < 4.78 is 1.37. The third kappa shape index (κ3) is 3.45. The number of allylic oxidation sites excluding steroid dienone is 2. The van der Waals surface area contributed by atoms with Crippen molar-refractivity contribution in [1.82, 2.24) is 9.78 Å². The molecule has 0 bridgehead atoms. The molecule has 2 aliphatic rings. The molecule has 0 unspecified atom stereocenters. The fraction of sp³-hybridized carbons (Fsp3) is 0.154. The zero-order valence-electron chi connectivity index (χ0n) is 18.8. The number of fused-ring (bicyclic) bond motifs is 1. The van der Waals surface area contributed by atoms with Crippen molar-refractivity contribution in [2.45, 2.75) is 24.7 Å². The third-order valence-corrected chi connectivity index (χ3v) is 7.82. The number of aromatic amines is 1. The molecule has 10 heteroatoms. The van der Waals surface area contributed by atoms with Crippen LogP contribution >= 0.6 is 11.3 Å². The van der Waals surface area contributed by atoms with E-state index in [4.69, 9.17) is 0 Å². The van der Waals surface area contributed by atoms with Gasteiger partial charge in [-0.25, -0.2) is 4.68 Å². The van der Waals surface area contributed by atoms with Gasteiger partial charge in [0.1, 0.15) is 11.6 Å². The molecule has 36 heavy (non-hydrogen) atoms. The monoisotopic (exact) mass is 500 g/mol. The van der Waals surface area contributed by atoms with E-state index < -0.39 is 16.4 Å². The van der Waals surface area contributed by atoms with Gasteiger partial charge in [-0.3, -0.25) is 24.8 Å². The van der Waals surface area contributed by atoms with Crippen molar-refractivity contribution >= 4 is 28.6 Å². The highest BCUT2D eigenvalue weighted by molar-refractivity contribution is 7.10. The van der Waals surface area contributed by atoms with Gasteiger partial charge in [0.25, 0.3) is 11.2 Å². The number of thiophene rings is 1. The minimum atomic E-state index is -0.957. The van der Waals surface area contributed by atoms with Gasteiger partial charge < -0.3 is 10.4 Å². The van der Waals surface area contributed by atoms with E-state index in [9.17, 15) is 24.8 Å². The summed E-state index contributed by atoms with van der Waals surface area (Å²) in [6.07, 6.45) is 0.783. The molecule has 0 fully saturated rings. The molecule has 2 atom stereocenters. The van der Waals surface area contributed by atoms with Gasteiger partial charge in [-0.05, 0) is 36.1 Å². The summed E-state index contributed by atoms with van der Waals surface area (Å²) in [6.45, 7) is 0. The summed E-state index contributed by atoms with van der Waals surface area (Å²) in [5.41, 5.74) is 1.36. The van der Waals surface area contributed by atoms with Crippen LogP contribution in [0, 0.1) is 10.1 Å². The van der Waals surface area contributed by atoms with Crippen molar-refractivity contribution in [3.05, 3.63) is 114 Å². The number of H-pyrrole nitrogens is 1. The molecule has 3 N–H and O–H groups in total.